The van der Waals surface area contributed by atoms with Gasteiger partial charge in [0.25, 0.3) is 0 Å². The Morgan fingerprint density at radius 1 is 1.33 bits per heavy atom. The summed E-state index contributed by atoms with van der Waals surface area (Å²) in [6.45, 7) is -1.34. The Hall–Kier alpha value is -1.59. The Bertz CT molecular complexity index is 458. The molecule has 18 heavy (non-hydrogen) atoms. The van der Waals surface area contributed by atoms with Crippen molar-refractivity contribution in [2.24, 2.45) is 5.92 Å². The third-order valence-electron chi connectivity index (χ3n) is 2.89. The minimum absolute atomic E-state index is 0.306. The van der Waals surface area contributed by atoms with Gasteiger partial charge in [-0.2, -0.15) is 13.2 Å². The Kier molecular flexibility index (Phi) is 3.28. The van der Waals surface area contributed by atoms with Crippen molar-refractivity contribution in [1.29, 1.82) is 0 Å². The van der Waals surface area contributed by atoms with E-state index < -0.39 is 30.4 Å². The van der Waals surface area contributed by atoms with E-state index in [-0.39, 0.29) is 5.92 Å². The molecule has 1 saturated carbocycles. The van der Waals surface area contributed by atoms with Gasteiger partial charge in [0, 0.05) is 5.92 Å². The van der Waals surface area contributed by atoms with E-state index in [4.69, 9.17) is 0 Å². The molecule has 2 nitrogen and oxygen atoms in total. The first-order chi connectivity index (χ1) is 8.38. The van der Waals surface area contributed by atoms with E-state index in [1.165, 1.54) is 12.1 Å². The standard InChI is InChI=1S/C12H11F4NO/c13-10-4-2-1-3-7(10)8-5-9(8)11(18)17-6-12(14,15)16/h1-4,8-9H,5-6H2,(H,17,18). The molecule has 0 bridgehead atoms. The first-order valence-electron chi connectivity index (χ1n) is 5.47. The highest BCUT2D eigenvalue weighted by molar-refractivity contribution is 5.82. The predicted octanol–water partition coefficient (Wildman–Crippen LogP) is 2.61. The van der Waals surface area contributed by atoms with Crippen LogP contribution in [0.3, 0.4) is 0 Å². The number of benzene rings is 1. The second kappa shape index (κ2) is 4.59. The van der Waals surface area contributed by atoms with Crippen LogP contribution in [0.25, 0.3) is 0 Å². The van der Waals surface area contributed by atoms with Gasteiger partial charge in [-0.25, -0.2) is 4.39 Å². The second-order valence-electron chi connectivity index (χ2n) is 4.30. The lowest BCUT2D eigenvalue weighted by Crippen LogP contribution is -2.34. The molecule has 2 atom stereocenters. The van der Waals surface area contributed by atoms with Crippen LogP contribution in [0.15, 0.2) is 24.3 Å². The molecule has 1 fully saturated rings. The van der Waals surface area contributed by atoms with Crippen LogP contribution in [-0.4, -0.2) is 18.6 Å². The number of carbonyl (C=O) groups is 1. The van der Waals surface area contributed by atoms with Gasteiger partial charge in [0.05, 0.1) is 0 Å². The van der Waals surface area contributed by atoms with Gasteiger partial charge in [-0.15, -0.1) is 0 Å². The van der Waals surface area contributed by atoms with Crippen molar-refractivity contribution >= 4 is 5.91 Å². The molecule has 6 heteroatoms. The molecular formula is C12H11F4NO. The Balaban J connectivity index is 1.92. The fraction of sp³-hybridized carbons (Fsp3) is 0.417. The third kappa shape index (κ3) is 3.00. The van der Waals surface area contributed by atoms with Crippen LogP contribution in [0.1, 0.15) is 17.9 Å². The molecule has 0 saturated heterocycles. The molecule has 1 aromatic carbocycles. The Morgan fingerprint density at radius 2 is 2.00 bits per heavy atom. The SMILES string of the molecule is O=C(NCC(F)(F)F)C1CC1c1ccccc1F. The van der Waals surface area contributed by atoms with Crippen LogP contribution in [0.5, 0.6) is 0 Å². The molecule has 98 valence electrons. The fourth-order valence-electron chi connectivity index (χ4n) is 1.92. The van der Waals surface area contributed by atoms with Gasteiger partial charge in [0.1, 0.15) is 12.4 Å². The summed E-state index contributed by atoms with van der Waals surface area (Å²) < 4.78 is 49.1. The summed E-state index contributed by atoms with van der Waals surface area (Å²) in [7, 11) is 0. The van der Waals surface area contributed by atoms with Crippen molar-refractivity contribution in [2.75, 3.05) is 6.54 Å². The van der Waals surface area contributed by atoms with Crippen molar-refractivity contribution < 1.29 is 22.4 Å². The smallest absolute Gasteiger partial charge is 0.347 e. The second-order valence-corrected chi connectivity index (χ2v) is 4.30. The molecule has 1 aliphatic rings. The van der Waals surface area contributed by atoms with Gasteiger partial charge in [-0.3, -0.25) is 4.79 Å². The first-order valence-corrected chi connectivity index (χ1v) is 5.47. The molecule has 0 spiro atoms. The molecule has 1 aliphatic carbocycles. The zero-order valence-electron chi connectivity index (χ0n) is 9.30. The summed E-state index contributed by atoms with van der Waals surface area (Å²) in [5.41, 5.74) is 0.393. The predicted molar refractivity (Wildman–Crippen MR) is 56.3 cm³/mol. The van der Waals surface area contributed by atoms with Crippen LogP contribution < -0.4 is 5.32 Å². The van der Waals surface area contributed by atoms with E-state index in [1.54, 1.807) is 12.1 Å². The highest BCUT2D eigenvalue weighted by Gasteiger charge is 2.45. The number of rotatable bonds is 3. The summed E-state index contributed by atoms with van der Waals surface area (Å²) in [5, 5.41) is 1.82. The summed E-state index contributed by atoms with van der Waals surface area (Å²) in [4.78, 5) is 11.4. The quantitative estimate of drug-likeness (QED) is 0.832. The highest BCUT2D eigenvalue weighted by atomic mass is 19.4. The first kappa shape index (κ1) is 12.9. The summed E-state index contributed by atoms with van der Waals surface area (Å²) in [5.74, 6) is -1.95. The highest BCUT2D eigenvalue weighted by Crippen LogP contribution is 2.48. The van der Waals surface area contributed by atoms with Crippen molar-refractivity contribution in [2.45, 2.75) is 18.5 Å². The maximum Gasteiger partial charge on any atom is 0.405 e. The molecule has 1 N–H and O–H groups in total. The normalized spacial score (nSPS) is 22.7. The number of alkyl halides is 3. The molecule has 2 unspecified atom stereocenters. The van der Waals surface area contributed by atoms with Crippen LogP contribution in [0.4, 0.5) is 17.6 Å². The molecule has 0 aromatic heterocycles. The van der Waals surface area contributed by atoms with Gasteiger partial charge >= 0.3 is 6.18 Å². The summed E-state index contributed by atoms with van der Waals surface area (Å²) in [6, 6.07) is 6.00. The Labute approximate surface area is 101 Å². The van der Waals surface area contributed by atoms with E-state index in [1.807, 2.05) is 5.32 Å². The van der Waals surface area contributed by atoms with Crippen molar-refractivity contribution in [1.82, 2.24) is 5.32 Å². The van der Waals surface area contributed by atoms with Gasteiger partial charge < -0.3 is 5.32 Å². The number of hydrogen-bond acceptors (Lipinski definition) is 1. The summed E-state index contributed by atoms with van der Waals surface area (Å²) >= 11 is 0. The molecule has 0 aliphatic heterocycles. The van der Waals surface area contributed by atoms with Gasteiger partial charge in [-0.1, -0.05) is 18.2 Å². The van der Waals surface area contributed by atoms with E-state index >= 15 is 0 Å². The van der Waals surface area contributed by atoms with Crippen LogP contribution >= 0.6 is 0 Å². The minimum Gasteiger partial charge on any atom is -0.347 e. The molecular weight excluding hydrogens is 250 g/mol. The number of carbonyl (C=O) groups excluding carboxylic acids is 1. The zero-order valence-corrected chi connectivity index (χ0v) is 9.30. The Morgan fingerprint density at radius 3 is 2.61 bits per heavy atom. The topological polar surface area (TPSA) is 29.1 Å². The molecule has 1 amide bonds. The van der Waals surface area contributed by atoms with Crippen molar-refractivity contribution in [3.8, 4) is 0 Å². The maximum absolute atomic E-state index is 13.4. The fourth-order valence-corrected chi connectivity index (χ4v) is 1.92. The van der Waals surface area contributed by atoms with Crippen molar-refractivity contribution in [3.63, 3.8) is 0 Å². The lowest BCUT2D eigenvalue weighted by atomic mass is 10.1. The van der Waals surface area contributed by atoms with Crippen LogP contribution in [-0.2, 0) is 4.79 Å². The molecule has 1 aromatic rings. The van der Waals surface area contributed by atoms with Crippen LogP contribution in [0.2, 0.25) is 0 Å². The maximum atomic E-state index is 13.4. The molecule has 0 heterocycles. The number of amides is 1. The van der Waals surface area contributed by atoms with E-state index in [9.17, 15) is 22.4 Å². The third-order valence-corrected chi connectivity index (χ3v) is 2.89. The molecule has 0 radical (unpaired) electrons. The monoisotopic (exact) mass is 261 g/mol. The van der Waals surface area contributed by atoms with E-state index in [0.717, 1.165) is 0 Å². The van der Waals surface area contributed by atoms with Crippen LogP contribution in [0, 0.1) is 11.7 Å². The van der Waals surface area contributed by atoms with Crippen molar-refractivity contribution in [3.05, 3.63) is 35.6 Å². The zero-order chi connectivity index (χ0) is 13.3. The van der Waals surface area contributed by atoms with Gasteiger partial charge in [0.15, 0.2) is 0 Å². The average molecular weight is 261 g/mol. The van der Waals surface area contributed by atoms with Gasteiger partial charge in [0.2, 0.25) is 5.91 Å². The van der Waals surface area contributed by atoms with Gasteiger partial charge in [-0.05, 0) is 24.0 Å². The number of hydrogen-bond donors (Lipinski definition) is 1. The number of halogens is 4. The van der Waals surface area contributed by atoms with E-state index in [0.29, 0.717) is 12.0 Å². The largest absolute Gasteiger partial charge is 0.405 e. The molecule has 2 rings (SSSR count). The average Bonchev–Trinajstić information content (AvgIpc) is 3.05. The lowest BCUT2D eigenvalue weighted by molar-refractivity contribution is -0.139. The minimum atomic E-state index is -4.42. The van der Waals surface area contributed by atoms with E-state index in [2.05, 4.69) is 0 Å². The number of nitrogens with one attached hydrogen (secondary N) is 1. The lowest BCUT2D eigenvalue weighted by Gasteiger charge is -2.08. The summed E-state index contributed by atoms with van der Waals surface area (Å²) in [6.07, 6.45) is -4.03.